The Bertz CT molecular complexity index is 456. The summed E-state index contributed by atoms with van der Waals surface area (Å²) in [6, 6.07) is 0. The Morgan fingerprint density at radius 3 is 2.95 bits per heavy atom. The summed E-state index contributed by atoms with van der Waals surface area (Å²) in [7, 11) is 0. The maximum atomic E-state index is 12.2. The maximum Gasteiger partial charge on any atom is 0.224 e. The van der Waals surface area contributed by atoms with Crippen LogP contribution < -0.4 is 10.6 Å². The van der Waals surface area contributed by atoms with E-state index in [2.05, 4.69) is 22.7 Å². The van der Waals surface area contributed by atoms with Gasteiger partial charge in [-0.15, -0.1) is 12.4 Å². The van der Waals surface area contributed by atoms with Gasteiger partial charge in [0.05, 0.1) is 0 Å². The molecule has 2 atom stereocenters. The first kappa shape index (κ1) is 18.0. The van der Waals surface area contributed by atoms with E-state index in [1.807, 2.05) is 13.8 Å². The topological polar surface area (TPSA) is 67.2 Å². The lowest BCUT2D eigenvalue weighted by Crippen LogP contribution is -2.34. The van der Waals surface area contributed by atoms with Crippen LogP contribution in [0.5, 0.6) is 0 Å². The van der Waals surface area contributed by atoms with E-state index in [1.54, 1.807) is 0 Å². The molecule has 120 valence electrons. The highest BCUT2D eigenvalue weighted by atomic mass is 35.5. The summed E-state index contributed by atoms with van der Waals surface area (Å²) < 4.78 is 5.13. The normalized spacial score (nSPS) is 19.7. The molecule has 1 amide bonds. The Kier molecular flexibility index (Phi) is 7.18. The summed E-state index contributed by atoms with van der Waals surface area (Å²) in [5.74, 6) is 1.74. The molecule has 1 aromatic rings. The quantitative estimate of drug-likeness (QED) is 0.876. The standard InChI is InChI=1S/C15H25N3O2.ClH/c1-4-13-15(11(3)20-18-13)17-14(19)8-10(2)12-6-5-7-16-9-12;/h10,12,16H,4-9H2,1-3H3,(H,17,19);1H. The zero-order chi connectivity index (χ0) is 14.5. The van der Waals surface area contributed by atoms with Crippen LogP contribution in [0.1, 0.15) is 44.6 Å². The van der Waals surface area contributed by atoms with Crippen LogP contribution in [0, 0.1) is 18.8 Å². The molecule has 6 heteroatoms. The number of anilines is 1. The predicted molar refractivity (Wildman–Crippen MR) is 85.9 cm³/mol. The lowest BCUT2D eigenvalue weighted by molar-refractivity contribution is -0.117. The van der Waals surface area contributed by atoms with Crippen molar-refractivity contribution in [3.05, 3.63) is 11.5 Å². The van der Waals surface area contributed by atoms with Gasteiger partial charge in [-0.25, -0.2) is 0 Å². The van der Waals surface area contributed by atoms with Crippen molar-refractivity contribution in [2.45, 2.75) is 46.5 Å². The molecule has 2 unspecified atom stereocenters. The first-order valence-electron chi connectivity index (χ1n) is 7.57. The van der Waals surface area contributed by atoms with Gasteiger partial charge >= 0.3 is 0 Å². The number of carbonyl (C=O) groups is 1. The van der Waals surface area contributed by atoms with Crippen LogP contribution in [0.4, 0.5) is 5.69 Å². The first-order chi connectivity index (χ1) is 9.61. The predicted octanol–water partition coefficient (Wildman–Crippen LogP) is 2.93. The van der Waals surface area contributed by atoms with Crippen molar-refractivity contribution < 1.29 is 9.32 Å². The van der Waals surface area contributed by atoms with E-state index in [1.165, 1.54) is 12.8 Å². The average Bonchev–Trinajstić information content (AvgIpc) is 2.80. The van der Waals surface area contributed by atoms with Gasteiger partial charge in [-0.1, -0.05) is 19.0 Å². The van der Waals surface area contributed by atoms with Crippen LogP contribution in [0.25, 0.3) is 0 Å². The molecule has 0 aliphatic carbocycles. The van der Waals surface area contributed by atoms with E-state index in [9.17, 15) is 4.79 Å². The van der Waals surface area contributed by atoms with Crippen LogP contribution in [0.15, 0.2) is 4.52 Å². The van der Waals surface area contributed by atoms with E-state index < -0.39 is 0 Å². The molecular formula is C15H26ClN3O2. The second-order valence-electron chi connectivity index (χ2n) is 5.75. The molecule has 1 aliphatic rings. The van der Waals surface area contributed by atoms with Gasteiger partial charge in [0.15, 0.2) is 5.76 Å². The van der Waals surface area contributed by atoms with Crippen LogP contribution in [-0.2, 0) is 11.2 Å². The first-order valence-corrected chi connectivity index (χ1v) is 7.57. The van der Waals surface area contributed by atoms with Crippen LogP contribution >= 0.6 is 12.4 Å². The Labute approximate surface area is 132 Å². The van der Waals surface area contributed by atoms with E-state index in [0.29, 0.717) is 24.0 Å². The fourth-order valence-corrected chi connectivity index (χ4v) is 2.83. The van der Waals surface area contributed by atoms with Gasteiger partial charge in [0, 0.05) is 6.42 Å². The maximum absolute atomic E-state index is 12.2. The minimum Gasteiger partial charge on any atom is -0.359 e. The Morgan fingerprint density at radius 2 is 2.33 bits per heavy atom. The molecule has 0 aromatic carbocycles. The molecule has 1 aromatic heterocycles. The lowest BCUT2D eigenvalue weighted by atomic mass is 9.85. The van der Waals surface area contributed by atoms with E-state index in [0.717, 1.165) is 30.9 Å². The van der Waals surface area contributed by atoms with E-state index >= 15 is 0 Å². The van der Waals surface area contributed by atoms with Gasteiger partial charge in [-0.2, -0.15) is 0 Å². The largest absolute Gasteiger partial charge is 0.359 e. The van der Waals surface area contributed by atoms with Gasteiger partial charge in [-0.3, -0.25) is 4.79 Å². The van der Waals surface area contributed by atoms with Crippen molar-refractivity contribution in [1.82, 2.24) is 10.5 Å². The number of nitrogens with zero attached hydrogens (tertiary/aromatic N) is 1. The minimum absolute atomic E-state index is 0. The molecule has 2 rings (SSSR count). The lowest BCUT2D eigenvalue weighted by Gasteiger charge is -2.28. The van der Waals surface area contributed by atoms with Gasteiger partial charge in [0.25, 0.3) is 0 Å². The SMILES string of the molecule is CCc1noc(C)c1NC(=O)CC(C)C1CCCNC1.Cl. The number of nitrogens with one attached hydrogen (secondary N) is 2. The third-order valence-corrected chi connectivity index (χ3v) is 4.18. The smallest absolute Gasteiger partial charge is 0.224 e. The Morgan fingerprint density at radius 1 is 1.57 bits per heavy atom. The summed E-state index contributed by atoms with van der Waals surface area (Å²) in [4.78, 5) is 12.2. The number of hydrogen-bond donors (Lipinski definition) is 2. The Balaban J connectivity index is 0.00000220. The van der Waals surface area contributed by atoms with Crippen molar-refractivity contribution in [2.75, 3.05) is 18.4 Å². The third-order valence-electron chi connectivity index (χ3n) is 4.18. The van der Waals surface area contributed by atoms with Crippen molar-refractivity contribution in [1.29, 1.82) is 0 Å². The number of aryl methyl sites for hydroxylation is 2. The molecule has 1 fully saturated rings. The minimum atomic E-state index is 0. The van der Waals surface area contributed by atoms with Crippen molar-refractivity contribution in [3.63, 3.8) is 0 Å². The van der Waals surface area contributed by atoms with Gasteiger partial charge in [0.2, 0.25) is 5.91 Å². The summed E-state index contributed by atoms with van der Waals surface area (Å²) in [6.07, 6.45) is 3.74. The molecule has 1 saturated heterocycles. The number of amides is 1. The van der Waals surface area contributed by atoms with Crippen LogP contribution in [0.3, 0.4) is 0 Å². The molecule has 2 heterocycles. The van der Waals surface area contributed by atoms with E-state index in [-0.39, 0.29) is 18.3 Å². The summed E-state index contributed by atoms with van der Waals surface area (Å²) in [5, 5.41) is 10.3. The number of carbonyl (C=O) groups excluding carboxylic acids is 1. The number of piperidine rings is 1. The highest BCUT2D eigenvalue weighted by Crippen LogP contribution is 2.25. The molecule has 0 spiro atoms. The third kappa shape index (κ3) is 4.71. The highest BCUT2D eigenvalue weighted by Gasteiger charge is 2.23. The summed E-state index contributed by atoms with van der Waals surface area (Å²) in [6.45, 7) is 8.13. The molecule has 0 radical (unpaired) electrons. The van der Waals surface area contributed by atoms with Gasteiger partial charge in [0.1, 0.15) is 11.4 Å². The number of aromatic nitrogens is 1. The zero-order valence-electron chi connectivity index (χ0n) is 13.1. The van der Waals surface area contributed by atoms with Gasteiger partial charge < -0.3 is 15.2 Å². The molecule has 2 N–H and O–H groups in total. The molecule has 0 saturated carbocycles. The van der Waals surface area contributed by atoms with E-state index in [4.69, 9.17) is 4.52 Å². The van der Waals surface area contributed by atoms with Crippen LogP contribution in [0.2, 0.25) is 0 Å². The summed E-state index contributed by atoms with van der Waals surface area (Å²) >= 11 is 0. The Hall–Kier alpha value is -1.07. The second-order valence-corrected chi connectivity index (χ2v) is 5.75. The van der Waals surface area contributed by atoms with Crippen molar-refractivity contribution in [2.24, 2.45) is 11.8 Å². The fraction of sp³-hybridized carbons (Fsp3) is 0.733. The molecular weight excluding hydrogens is 290 g/mol. The number of hydrogen-bond acceptors (Lipinski definition) is 4. The summed E-state index contributed by atoms with van der Waals surface area (Å²) in [5.41, 5.74) is 1.58. The average molecular weight is 316 g/mol. The fourth-order valence-electron chi connectivity index (χ4n) is 2.83. The number of rotatable bonds is 5. The molecule has 0 bridgehead atoms. The monoisotopic (exact) mass is 315 g/mol. The molecule has 21 heavy (non-hydrogen) atoms. The second kappa shape index (κ2) is 8.39. The number of halogens is 1. The van der Waals surface area contributed by atoms with Crippen LogP contribution in [-0.4, -0.2) is 24.2 Å². The van der Waals surface area contributed by atoms with Crippen molar-refractivity contribution >= 4 is 24.0 Å². The molecule has 5 nitrogen and oxygen atoms in total. The zero-order valence-corrected chi connectivity index (χ0v) is 13.9. The molecule has 1 aliphatic heterocycles. The highest BCUT2D eigenvalue weighted by molar-refractivity contribution is 5.91. The van der Waals surface area contributed by atoms with Gasteiger partial charge in [-0.05, 0) is 51.1 Å². The van der Waals surface area contributed by atoms with Crippen molar-refractivity contribution in [3.8, 4) is 0 Å².